The van der Waals surface area contributed by atoms with Gasteiger partial charge in [-0.05, 0) is 62.4 Å². The van der Waals surface area contributed by atoms with E-state index >= 15 is 0 Å². The van der Waals surface area contributed by atoms with Gasteiger partial charge in [0.05, 0.1) is 22.4 Å². The summed E-state index contributed by atoms with van der Waals surface area (Å²) in [5, 5.41) is 19.4. The van der Waals surface area contributed by atoms with Crippen molar-refractivity contribution >= 4 is 29.1 Å². The predicted octanol–water partition coefficient (Wildman–Crippen LogP) is 4.62. The van der Waals surface area contributed by atoms with Crippen LogP contribution in [0.4, 0.5) is 18.9 Å². The summed E-state index contributed by atoms with van der Waals surface area (Å²) >= 11 is 6.12. The highest BCUT2D eigenvalue weighted by Crippen LogP contribution is 2.39. The number of fused-ring (bicyclic) bond motifs is 1. The second kappa shape index (κ2) is 9.55. The van der Waals surface area contributed by atoms with E-state index in [1.54, 1.807) is 26.8 Å². The molecule has 3 aromatic rings. The third-order valence-electron chi connectivity index (χ3n) is 5.73. The standard InChI is InChI=1S/C24H23ClF3N5O3/c1-11(2)30-23(36)19-18-13(6-7-16(18)34)9-12(3)20(19)31-22(35)15-10-17(24(26,27)28)32-33(15)21-14(25)5-4-8-29-21/h4-5,8-11,16,34H,6-7H2,1-3H3,(H,30,36)(H,31,35). The minimum absolute atomic E-state index is 0.0165. The molecule has 0 spiro atoms. The average Bonchev–Trinajstić information content (AvgIpc) is 3.38. The summed E-state index contributed by atoms with van der Waals surface area (Å²) in [6, 6.07) is 4.99. The third-order valence-corrected chi connectivity index (χ3v) is 6.02. The number of hydrogen-bond acceptors (Lipinski definition) is 5. The van der Waals surface area contributed by atoms with Gasteiger partial charge in [0.25, 0.3) is 11.8 Å². The molecule has 36 heavy (non-hydrogen) atoms. The van der Waals surface area contributed by atoms with Crippen LogP contribution in [0.15, 0.2) is 30.5 Å². The fraction of sp³-hybridized carbons (Fsp3) is 0.333. The first kappa shape index (κ1) is 25.6. The Morgan fingerprint density at radius 2 is 1.97 bits per heavy atom. The lowest BCUT2D eigenvalue weighted by atomic mass is 9.95. The molecule has 12 heteroatoms. The van der Waals surface area contributed by atoms with Crippen molar-refractivity contribution in [3.05, 3.63) is 69.1 Å². The highest BCUT2D eigenvalue weighted by Gasteiger charge is 2.37. The Labute approximate surface area is 209 Å². The molecule has 1 aliphatic rings. The van der Waals surface area contributed by atoms with E-state index in [0.717, 1.165) is 5.56 Å². The molecular formula is C24H23ClF3N5O3. The van der Waals surface area contributed by atoms with Gasteiger partial charge in [-0.2, -0.15) is 18.3 Å². The molecule has 8 nitrogen and oxygen atoms in total. The highest BCUT2D eigenvalue weighted by atomic mass is 35.5. The number of aliphatic hydroxyl groups is 1. The van der Waals surface area contributed by atoms with Gasteiger partial charge in [-0.25, -0.2) is 9.67 Å². The first-order chi connectivity index (χ1) is 16.9. The van der Waals surface area contributed by atoms with E-state index in [-0.39, 0.29) is 28.1 Å². The van der Waals surface area contributed by atoms with Crippen molar-refractivity contribution < 1.29 is 27.9 Å². The summed E-state index contributed by atoms with van der Waals surface area (Å²) in [6.45, 7) is 5.19. The number of nitrogens with one attached hydrogen (secondary N) is 2. The Morgan fingerprint density at radius 1 is 1.25 bits per heavy atom. The number of aromatic nitrogens is 3. The van der Waals surface area contributed by atoms with Crippen LogP contribution in [-0.2, 0) is 12.6 Å². The van der Waals surface area contributed by atoms with Gasteiger partial charge in [-0.15, -0.1) is 0 Å². The number of pyridine rings is 1. The fourth-order valence-corrected chi connectivity index (χ4v) is 4.41. The topological polar surface area (TPSA) is 109 Å². The van der Waals surface area contributed by atoms with Crippen LogP contribution >= 0.6 is 11.6 Å². The molecule has 0 saturated heterocycles. The zero-order chi connectivity index (χ0) is 26.4. The Kier molecular flexibility index (Phi) is 6.80. The summed E-state index contributed by atoms with van der Waals surface area (Å²) in [7, 11) is 0. The number of aryl methyl sites for hydroxylation is 2. The lowest BCUT2D eigenvalue weighted by molar-refractivity contribution is -0.141. The molecule has 1 aromatic carbocycles. The summed E-state index contributed by atoms with van der Waals surface area (Å²) in [4.78, 5) is 30.5. The summed E-state index contributed by atoms with van der Waals surface area (Å²) < 4.78 is 41.2. The average molecular weight is 522 g/mol. The number of carbonyl (C=O) groups excluding carboxylic acids is 2. The van der Waals surface area contributed by atoms with E-state index in [0.29, 0.717) is 34.7 Å². The van der Waals surface area contributed by atoms with Gasteiger partial charge in [0.2, 0.25) is 0 Å². The maximum atomic E-state index is 13.5. The largest absolute Gasteiger partial charge is 0.435 e. The molecule has 2 amide bonds. The molecule has 4 rings (SSSR count). The quantitative estimate of drug-likeness (QED) is 0.454. The number of carbonyl (C=O) groups is 2. The lowest BCUT2D eigenvalue weighted by Gasteiger charge is -2.20. The minimum atomic E-state index is -4.84. The summed E-state index contributed by atoms with van der Waals surface area (Å²) in [5.74, 6) is -1.65. The SMILES string of the molecule is Cc1cc2c(c(C(=O)NC(C)C)c1NC(=O)c1cc(C(F)(F)F)nn1-c1ncccc1Cl)C(O)CC2. The van der Waals surface area contributed by atoms with Crippen molar-refractivity contribution in [1.29, 1.82) is 0 Å². The molecule has 2 heterocycles. The van der Waals surface area contributed by atoms with E-state index in [4.69, 9.17) is 11.6 Å². The van der Waals surface area contributed by atoms with Crippen molar-refractivity contribution in [2.45, 2.75) is 51.9 Å². The third kappa shape index (κ3) is 4.80. The number of aliphatic hydroxyl groups excluding tert-OH is 1. The number of halogens is 4. The van der Waals surface area contributed by atoms with Crippen LogP contribution in [-0.4, -0.2) is 37.7 Å². The van der Waals surface area contributed by atoms with E-state index in [1.807, 2.05) is 0 Å². The Morgan fingerprint density at radius 3 is 2.61 bits per heavy atom. The number of amides is 2. The Bertz CT molecular complexity index is 1350. The Hall–Kier alpha value is -3.44. The van der Waals surface area contributed by atoms with Crippen LogP contribution in [0.25, 0.3) is 5.82 Å². The van der Waals surface area contributed by atoms with E-state index in [2.05, 4.69) is 20.7 Å². The Balaban J connectivity index is 1.84. The molecule has 0 bridgehead atoms. The van der Waals surface area contributed by atoms with E-state index < -0.39 is 35.5 Å². The second-order valence-corrected chi connectivity index (χ2v) is 9.19. The molecule has 3 N–H and O–H groups in total. The molecule has 1 atom stereocenters. The van der Waals surface area contributed by atoms with Gasteiger partial charge in [0.1, 0.15) is 5.69 Å². The normalized spacial score (nSPS) is 15.2. The van der Waals surface area contributed by atoms with Crippen LogP contribution in [0.5, 0.6) is 0 Å². The van der Waals surface area contributed by atoms with Crippen LogP contribution in [0.3, 0.4) is 0 Å². The molecule has 0 fully saturated rings. The molecule has 0 saturated carbocycles. The van der Waals surface area contributed by atoms with Crippen LogP contribution in [0.2, 0.25) is 5.02 Å². The van der Waals surface area contributed by atoms with Gasteiger partial charge < -0.3 is 15.7 Å². The van der Waals surface area contributed by atoms with Crippen LogP contribution in [0.1, 0.15) is 69.6 Å². The van der Waals surface area contributed by atoms with Gasteiger partial charge in [0.15, 0.2) is 11.5 Å². The number of nitrogens with zero attached hydrogens (tertiary/aromatic N) is 3. The van der Waals surface area contributed by atoms with E-state index in [1.165, 1.54) is 18.3 Å². The van der Waals surface area contributed by atoms with Gasteiger partial charge in [-0.3, -0.25) is 9.59 Å². The van der Waals surface area contributed by atoms with Crippen LogP contribution < -0.4 is 10.6 Å². The number of alkyl halides is 3. The maximum absolute atomic E-state index is 13.5. The lowest BCUT2D eigenvalue weighted by Crippen LogP contribution is -2.32. The predicted molar refractivity (Wildman–Crippen MR) is 126 cm³/mol. The monoisotopic (exact) mass is 521 g/mol. The van der Waals surface area contributed by atoms with Gasteiger partial charge in [0, 0.05) is 18.3 Å². The molecule has 190 valence electrons. The molecule has 0 aliphatic heterocycles. The maximum Gasteiger partial charge on any atom is 0.435 e. The van der Waals surface area contributed by atoms with Gasteiger partial charge in [-0.1, -0.05) is 17.7 Å². The minimum Gasteiger partial charge on any atom is -0.388 e. The highest BCUT2D eigenvalue weighted by molar-refractivity contribution is 6.32. The van der Waals surface area contributed by atoms with Crippen molar-refractivity contribution in [2.24, 2.45) is 0 Å². The first-order valence-corrected chi connectivity index (χ1v) is 11.5. The molecule has 2 aromatic heterocycles. The molecule has 0 radical (unpaired) electrons. The van der Waals surface area contributed by atoms with Crippen molar-refractivity contribution in [1.82, 2.24) is 20.1 Å². The summed E-state index contributed by atoms with van der Waals surface area (Å²) in [5.41, 5.74) is 0.0547. The molecule has 1 unspecified atom stereocenters. The second-order valence-electron chi connectivity index (χ2n) is 8.79. The number of hydrogen-bond donors (Lipinski definition) is 3. The molecular weight excluding hydrogens is 499 g/mol. The van der Waals surface area contributed by atoms with Crippen LogP contribution in [0, 0.1) is 6.92 Å². The molecule has 1 aliphatic carbocycles. The first-order valence-electron chi connectivity index (χ1n) is 11.1. The fourth-order valence-electron chi connectivity index (χ4n) is 4.21. The number of rotatable bonds is 5. The number of anilines is 1. The summed E-state index contributed by atoms with van der Waals surface area (Å²) in [6.07, 6.45) is -3.49. The zero-order valence-electron chi connectivity index (χ0n) is 19.6. The van der Waals surface area contributed by atoms with E-state index in [9.17, 15) is 27.9 Å². The van der Waals surface area contributed by atoms with Crippen molar-refractivity contribution in [2.75, 3.05) is 5.32 Å². The van der Waals surface area contributed by atoms with Gasteiger partial charge >= 0.3 is 6.18 Å². The van der Waals surface area contributed by atoms with Crippen molar-refractivity contribution in [3.63, 3.8) is 0 Å². The van der Waals surface area contributed by atoms with Crippen molar-refractivity contribution in [3.8, 4) is 5.82 Å². The smallest absolute Gasteiger partial charge is 0.388 e. The number of benzene rings is 1. The zero-order valence-corrected chi connectivity index (χ0v) is 20.3.